The number of aromatic nitrogens is 1. The molecule has 0 fully saturated rings. The van der Waals surface area contributed by atoms with E-state index >= 15 is 0 Å². The maximum Gasteiger partial charge on any atom is 0.307 e. The van der Waals surface area contributed by atoms with E-state index < -0.39 is 0 Å². The number of thiazole rings is 1. The summed E-state index contributed by atoms with van der Waals surface area (Å²) < 4.78 is 1.57. The molecule has 158 valence electrons. The van der Waals surface area contributed by atoms with E-state index in [0.29, 0.717) is 29.2 Å². The molecule has 0 atom stereocenters. The number of hydrogen-bond acceptors (Lipinski definition) is 5. The van der Waals surface area contributed by atoms with Gasteiger partial charge in [0.2, 0.25) is 11.8 Å². The highest BCUT2D eigenvalue weighted by Crippen LogP contribution is 2.30. The molecule has 0 radical (unpaired) electrons. The van der Waals surface area contributed by atoms with Crippen LogP contribution in [0, 0.1) is 6.92 Å². The van der Waals surface area contributed by atoms with Crippen LogP contribution in [0.5, 0.6) is 0 Å². The number of fused-ring (bicyclic) bond motifs is 1. The summed E-state index contributed by atoms with van der Waals surface area (Å²) in [6.45, 7) is 2.08. The van der Waals surface area contributed by atoms with Crippen LogP contribution in [0.25, 0.3) is 0 Å². The molecular weight excluding hydrogens is 416 g/mol. The molecule has 1 aliphatic rings. The van der Waals surface area contributed by atoms with E-state index in [0.717, 1.165) is 17.0 Å². The maximum absolute atomic E-state index is 13.0. The Bertz CT molecular complexity index is 1210. The Morgan fingerprint density at radius 1 is 1.10 bits per heavy atom. The minimum atomic E-state index is -0.299. The Hall–Kier alpha value is -3.72. The molecule has 4 rings (SSSR count). The maximum atomic E-state index is 13.0. The van der Waals surface area contributed by atoms with Crippen LogP contribution in [-0.2, 0) is 16.1 Å². The molecule has 0 spiro atoms. The van der Waals surface area contributed by atoms with E-state index in [-0.39, 0.29) is 35.6 Å². The molecule has 2 heterocycles. The lowest BCUT2D eigenvalue weighted by molar-refractivity contribution is -0.116. The summed E-state index contributed by atoms with van der Waals surface area (Å²) in [7, 11) is 0. The van der Waals surface area contributed by atoms with Crippen molar-refractivity contribution in [3.8, 4) is 0 Å². The van der Waals surface area contributed by atoms with Gasteiger partial charge in [-0.25, -0.2) is 0 Å². The number of carbonyl (C=O) groups is 3. The molecule has 0 unspecified atom stereocenters. The van der Waals surface area contributed by atoms with Crippen LogP contribution in [0.2, 0.25) is 0 Å². The van der Waals surface area contributed by atoms with Crippen LogP contribution in [0.1, 0.15) is 22.5 Å². The van der Waals surface area contributed by atoms with Crippen LogP contribution < -0.4 is 20.4 Å². The second-order valence-electron chi connectivity index (χ2n) is 7.13. The second kappa shape index (κ2) is 8.57. The van der Waals surface area contributed by atoms with Gasteiger partial charge in [-0.3, -0.25) is 24.1 Å². The zero-order valence-electron chi connectivity index (χ0n) is 16.8. The predicted octanol–water partition coefficient (Wildman–Crippen LogP) is 2.85. The zero-order chi connectivity index (χ0) is 22.0. The fourth-order valence-electron chi connectivity index (χ4n) is 3.38. The number of aryl methyl sites for hydroxylation is 1. The normalized spacial score (nSPS) is 12.8. The molecular formula is C22H20N4O4S. The van der Waals surface area contributed by atoms with E-state index in [1.165, 1.54) is 4.90 Å². The molecule has 3 amide bonds. The van der Waals surface area contributed by atoms with Crippen molar-refractivity contribution >= 4 is 46.1 Å². The first-order valence-corrected chi connectivity index (χ1v) is 10.6. The molecule has 1 aromatic heterocycles. The smallest absolute Gasteiger partial charge is 0.307 e. The van der Waals surface area contributed by atoms with E-state index in [4.69, 9.17) is 0 Å². The van der Waals surface area contributed by atoms with Crippen molar-refractivity contribution in [2.75, 3.05) is 22.1 Å². The van der Waals surface area contributed by atoms with Crippen molar-refractivity contribution in [3.05, 3.63) is 74.8 Å². The third kappa shape index (κ3) is 4.41. The highest BCUT2D eigenvalue weighted by atomic mass is 32.1. The number of rotatable bonds is 5. The number of para-hydroxylation sites is 2. The zero-order valence-corrected chi connectivity index (χ0v) is 17.6. The van der Waals surface area contributed by atoms with Crippen molar-refractivity contribution < 1.29 is 14.4 Å². The number of amides is 3. The average Bonchev–Trinajstić information content (AvgIpc) is 3.09. The van der Waals surface area contributed by atoms with Crippen LogP contribution in [-0.4, -0.2) is 28.8 Å². The van der Waals surface area contributed by atoms with Crippen LogP contribution in [0.4, 0.5) is 17.1 Å². The van der Waals surface area contributed by atoms with E-state index in [1.807, 2.05) is 6.92 Å². The van der Waals surface area contributed by atoms with E-state index in [9.17, 15) is 19.2 Å². The quantitative estimate of drug-likeness (QED) is 0.642. The number of hydrogen-bond donors (Lipinski definition) is 2. The van der Waals surface area contributed by atoms with Crippen molar-refractivity contribution in [2.24, 2.45) is 0 Å². The van der Waals surface area contributed by atoms with Gasteiger partial charge in [-0.1, -0.05) is 23.5 Å². The molecule has 0 bridgehead atoms. The Kier molecular flexibility index (Phi) is 5.68. The summed E-state index contributed by atoms with van der Waals surface area (Å²) in [5.41, 5.74) is 3.02. The Balaban J connectivity index is 1.41. The largest absolute Gasteiger partial charge is 0.326 e. The lowest BCUT2D eigenvalue weighted by Gasteiger charge is -2.29. The molecule has 0 saturated carbocycles. The highest BCUT2D eigenvalue weighted by molar-refractivity contribution is 7.07. The predicted molar refractivity (Wildman–Crippen MR) is 120 cm³/mol. The summed E-state index contributed by atoms with van der Waals surface area (Å²) in [5, 5.41) is 7.29. The Morgan fingerprint density at radius 2 is 1.84 bits per heavy atom. The van der Waals surface area contributed by atoms with Crippen LogP contribution >= 0.6 is 11.3 Å². The molecule has 0 saturated heterocycles. The first-order valence-electron chi connectivity index (χ1n) is 9.68. The molecule has 3 aromatic rings. The van der Waals surface area contributed by atoms with Gasteiger partial charge in [0.15, 0.2) is 0 Å². The summed E-state index contributed by atoms with van der Waals surface area (Å²) in [5.74, 6) is -0.776. The number of nitrogens with zero attached hydrogens (tertiary/aromatic N) is 2. The van der Waals surface area contributed by atoms with Gasteiger partial charge in [0.05, 0.1) is 11.4 Å². The molecule has 0 aliphatic carbocycles. The molecule has 31 heavy (non-hydrogen) atoms. The van der Waals surface area contributed by atoms with Gasteiger partial charge in [0.1, 0.15) is 6.54 Å². The third-order valence-corrected chi connectivity index (χ3v) is 5.85. The van der Waals surface area contributed by atoms with Crippen LogP contribution in [0.15, 0.2) is 58.7 Å². The van der Waals surface area contributed by atoms with Gasteiger partial charge in [0, 0.05) is 35.3 Å². The first-order chi connectivity index (χ1) is 14.9. The fourth-order valence-corrected chi connectivity index (χ4v) is 4.14. The van der Waals surface area contributed by atoms with Crippen molar-refractivity contribution in [1.29, 1.82) is 0 Å². The minimum absolute atomic E-state index is 0.0598. The van der Waals surface area contributed by atoms with E-state index in [1.54, 1.807) is 58.5 Å². The van der Waals surface area contributed by atoms with Gasteiger partial charge in [-0.05, 0) is 43.3 Å². The van der Waals surface area contributed by atoms with Gasteiger partial charge >= 0.3 is 4.87 Å². The van der Waals surface area contributed by atoms with Crippen molar-refractivity contribution in [2.45, 2.75) is 19.9 Å². The minimum Gasteiger partial charge on any atom is -0.326 e. The number of carbonyl (C=O) groups excluding carboxylic acids is 3. The monoisotopic (exact) mass is 436 g/mol. The molecule has 9 heteroatoms. The molecule has 8 nitrogen and oxygen atoms in total. The number of benzene rings is 2. The second-order valence-corrected chi connectivity index (χ2v) is 7.95. The lowest BCUT2D eigenvalue weighted by atomic mass is 10.1. The van der Waals surface area contributed by atoms with Crippen LogP contribution in [0.3, 0.4) is 0 Å². The van der Waals surface area contributed by atoms with Gasteiger partial charge < -0.3 is 15.2 Å². The van der Waals surface area contributed by atoms with Gasteiger partial charge in [-0.2, -0.15) is 0 Å². The Labute approximate surface area is 182 Å². The SMILES string of the molecule is Cc1csc(=O)n1CCC(=O)Nc1ccc(C(=O)N2CC(=O)Nc3ccccc32)cc1. The summed E-state index contributed by atoms with van der Waals surface area (Å²) in [6.07, 6.45) is 0.165. The van der Waals surface area contributed by atoms with Gasteiger partial charge in [0.25, 0.3) is 5.91 Å². The number of nitrogens with one attached hydrogen (secondary N) is 2. The summed E-state index contributed by atoms with van der Waals surface area (Å²) in [6, 6.07) is 13.6. The van der Waals surface area contributed by atoms with Crippen molar-refractivity contribution in [1.82, 2.24) is 4.57 Å². The average molecular weight is 436 g/mol. The molecule has 2 aromatic carbocycles. The fraction of sp³-hybridized carbons (Fsp3) is 0.182. The Morgan fingerprint density at radius 3 is 2.55 bits per heavy atom. The molecule has 1 aliphatic heterocycles. The van der Waals surface area contributed by atoms with E-state index in [2.05, 4.69) is 10.6 Å². The molecule has 2 N–H and O–H groups in total. The standard InChI is InChI=1S/C22H20N4O4S/c1-14-13-31-22(30)25(14)11-10-19(27)23-16-8-6-15(7-9-16)21(29)26-12-20(28)24-17-4-2-3-5-18(17)26/h2-9,13H,10-12H2,1H3,(H,23,27)(H,24,28). The third-order valence-electron chi connectivity index (χ3n) is 4.97. The van der Waals surface area contributed by atoms with Crippen molar-refractivity contribution in [3.63, 3.8) is 0 Å². The highest BCUT2D eigenvalue weighted by Gasteiger charge is 2.27. The summed E-state index contributed by atoms with van der Waals surface area (Å²) in [4.78, 5) is 50.2. The van der Waals surface area contributed by atoms with Gasteiger partial charge in [-0.15, -0.1) is 0 Å². The first kappa shape index (κ1) is 20.5. The number of anilines is 3. The summed E-state index contributed by atoms with van der Waals surface area (Å²) >= 11 is 1.11. The lowest BCUT2D eigenvalue weighted by Crippen LogP contribution is -2.42. The topological polar surface area (TPSA) is 101 Å².